The topological polar surface area (TPSA) is 44.6 Å². The van der Waals surface area contributed by atoms with Gasteiger partial charge in [-0.1, -0.05) is 13.0 Å². The van der Waals surface area contributed by atoms with E-state index in [4.69, 9.17) is 0 Å². The number of nitrogens with one attached hydrogen (secondary N) is 1. The van der Waals surface area contributed by atoms with E-state index in [1.807, 2.05) is 26.8 Å². The fourth-order valence-electron chi connectivity index (χ4n) is 0.725. The van der Waals surface area contributed by atoms with Crippen molar-refractivity contribution in [2.75, 3.05) is 7.05 Å². The molecule has 0 unspecified atom stereocenters. The first kappa shape index (κ1) is 11.8. The van der Waals surface area contributed by atoms with Gasteiger partial charge in [0.25, 0.3) is 0 Å². The Morgan fingerprint density at radius 3 is 2.54 bits per heavy atom. The third-order valence-electron chi connectivity index (χ3n) is 1.75. The van der Waals surface area contributed by atoms with Gasteiger partial charge in [0.05, 0.1) is 0 Å². The summed E-state index contributed by atoms with van der Waals surface area (Å²) in [5, 5.41) is 12.3. The largest absolute Gasteiger partial charge is 0.495 e. The zero-order chi connectivity index (χ0) is 10.3. The van der Waals surface area contributed by atoms with E-state index in [1.54, 1.807) is 13.1 Å². The Morgan fingerprint density at radius 1 is 1.54 bits per heavy atom. The van der Waals surface area contributed by atoms with E-state index in [0.717, 1.165) is 12.0 Å². The van der Waals surface area contributed by atoms with Crippen LogP contribution in [-0.4, -0.2) is 18.0 Å². The highest BCUT2D eigenvalue weighted by molar-refractivity contribution is 5.93. The van der Waals surface area contributed by atoms with Crippen LogP contribution in [0.15, 0.2) is 28.6 Å². The molecule has 0 saturated heterocycles. The normalized spacial score (nSPS) is 14.6. The molecular formula is C10H18N2O. The van der Waals surface area contributed by atoms with Crippen LogP contribution in [0.5, 0.6) is 0 Å². The van der Waals surface area contributed by atoms with E-state index in [1.165, 1.54) is 0 Å². The van der Waals surface area contributed by atoms with E-state index < -0.39 is 0 Å². The summed E-state index contributed by atoms with van der Waals surface area (Å²) in [7, 11) is 1.68. The van der Waals surface area contributed by atoms with Crippen molar-refractivity contribution in [3.8, 4) is 0 Å². The Balaban J connectivity index is 4.43. The predicted octanol–water partition coefficient (Wildman–Crippen LogP) is 2.38. The van der Waals surface area contributed by atoms with Crippen LogP contribution in [0.25, 0.3) is 0 Å². The third-order valence-corrected chi connectivity index (χ3v) is 1.75. The van der Waals surface area contributed by atoms with E-state index in [9.17, 15) is 5.11 Å². The molecule has 0 amide bonds. The molecule has 2 N–H and O–H groups in total. The molecule has 0 aliphatic rings. The Kier molecular flexibility index (Phi) is 5.68. The second-order valence-electron chi connectivity index (χ2n) is 2.72. The van der Waals surface area contributed by atoms with Crippen molar-refractivity contribution in [3.05, 3.63) is 23.6 Å². The number of aliphatic hydroxyl groups is 1. The molecule has 0 aromatic carbocycles. The summed E-state index contributed by atoms with van der Waals surface area (Å²) in [5.74, 6) is 0.856. The summed E-state index contributed by atoms with van der Waals surface area (Å²) in [4.78, 5) is 3.96. The van der Waals surface area contributed by atoms with Gasteiger partial charge >= 0.3 is 0 Å². The molecule has 3 nitrogen and oxygen atoms in total. The maximum absolute atomic E-state index is 9.50. The van der Waals surface area contributed by atoms with Gasteiger partial charge in [-0.05, 0) is 31.9 Å². The van der Waals surface area contributed by atoms with Gasteiger partial charge in [-0.15, -0.1) is 0 Å². The van der Waals surface area contributed by atoms with Gasteiger partial charge in [0.15, 0.2) is 5.88 Å². The summed E-state index contributed by atoms with van der Waals surface area (Å²) in [5.41, 5.74) is 0.922. The number of aliphatic imine (C=N–C) groups is 1. The molecule has 0 rings (SSSR count). The van der Waals surface area contributed by atoms with E-state index in [-0.39, 0.29) is 5.88 Å². The van der Waals surface area contributed by atoms with Crippen LogP contribution >= 0.6 is 0 Å². The molecule has 0 bridgehead atoms. The summed E-state index contributed by atoms with van der Waals surface area (Å²) in [6, 6.07) is 0. The zero-order valence-electron chi connectivity index (χ0n) is 8.76. The molecule has 0 fully saturated rings. The van der Waals surface area contributed by atoms with Crippen molar-refractivity contribution in [1.29, 1.82) is 0 Å². The maximum Gasteiger partial charge on any atom is 0.188 e. The van der Waals surface area contributed by atoms with Crippen LogP contribution in [0, 0.1) is 0 Å². The molecule has 0 atom stereocenters. The van der Waals surface area contributed by atoms with Crippen LogP contribution in [0.4, 0.5) is 0 Å². The average molecular weight is 182 g/mol. The maximum atomic E-state index is 9.50. The quantitative estimate of drug-likeness (QED) is 0.400. The molecule has 0 radical (unpaired) electrons. The Labute approximate surface area is 79.9 Å². The lowest BCUT2D eigenvalue weighted by Crippen LogP contribution is -2.21. The Bertz CT molecular complexity index is 239. The van der Waals surface area contributed by atoms with Gasteiger partial charge < -0.3 is 10.4 Å². The van der Waals surface area contributed by atoms with Crippen LogP contribution in [0.2, 0.25) is 0 Å². The number of hydrogen-bond acceptors (Lipinski definition) is 2. The lowest BCUT2D eigenvalue weighted by Gasteiger charge is -2.06. The molecule has 0 spiro atoms. The van der Waals surface area contributed by atoms with Crippen LogP contribution in [0.1, 0.15) is 27.2 Å². The molecule has 0 aromatic rings. The fraction of sp³-hybridized carbons (Fsp3) is 0.500. The number of hydrogen-bond donors (Lipinski definition) is 2. The minimum Gasteiger partial charge on any atom is -0.495 e. The molecule has 0 heterocycles. The van der Waals surface area contributed by atoms with Gasteiger partial charge in [-0.3, -0.25) is 4.99 Å². The highest BCUT2D eigenvalue weighted by Crippen LogP contribution is 2.01. The third kappa shape index (κ3) is 4.35. The van der Waals surface area contributed by atoms with Gasteiger partial charge in [-0.2, -0.15) is 0 Å². The zero-order valence-corrected chi connectivity index (χ0v) is 8.76. The summed E-state index contributed by atoms with van der Waals surface area (Å²) in [6.45, 7) is 5.78. The highest BCUT2D eigenvalue weighted by atomic mass is 16.3. The van der Waals surface area contributed by atoms with Gasteiger partial charge in [0.2, 0.25) is 0 Å². The number of allylic oxidation sites excluding steroid dienone is 2. The SMILES string of the molecule is CC=CC(=NC)NC(O)=C(C)CC. The molecule has 74 valence electrons. The highest BCUT2D eigenvalue weighted by Gasteiger charge is 1.99. The number of rotatable bonds is 3. The molecule has 3 heteroatoms. The van der Waals surface area contributed by atoms with Gasteiger partial charge in [0, 0.05) is 7.05 Å². The van der Waals surface area contributed by atoms with Crippen LogP contribution in [0.3, 0.4) is 0 Å². The second-order valence-corrected chi connectivity index (χ2v) is 2.72. The molecule has 13 heavy (non-hydrogen) atoms. The molecule has 0 aliphatic heterocycles. The first-order chi connectivity index (χ1) is 6.15. The van der Waals surface area contributed by atoms with Crippen LogP contribution in [-0.2, 0) is 0 Å². The molecule has 0 aliphatic carbocycles. The van der Waals surface area contributed by atoms with Crippen molar-refractivity contribution in [1.82, 2.24) is 5.32 Å². The van der Waals surface area contributed by atoms with E-state index in [0.29, 0.717) is 5.84 Å². The monoisotopic (exact) mass is 182 g/mol. The van der Waals surface area contributed by atoms with E-state index in [2.05, 4.69) is 10.3 Å². The molecule has 0 saturated carbocycles. The summed E-state index contributed by atoms with van der Waals surface area (Å²) >= 11 is 0. The Morgan fingerprint density at radius 2 is 2.15 bits per heavy atom. The van der Waals surface area contributed by atoms with Gasteiger partial charge in [0.1, 0.15) is 5.84 Å². The van der Waals surface area contributed by atoms with Crippen molar-refractivity contribution in [3.63, 3.8) is 0 Å². The average Bonchev–Trinajstić information content (AvgIpc) is 2.15. The lowest BCUT2D eigenvalue weighted by atomic mass is 10.2. The second kappa shape index (κ2) is 6.29. The number of nitrogens with zero attached hydrogens (tertiary/aromatic N) is 1. The standard InChI is InChI=1S/C10H18N2O/c1-5-7-9(11-4)12-10(13)8(3)6-2/h5,7,13H,6H2,1-4H3,(H,11,12). The van der Waals surface area contributed by atoms with Crippen LogP contribution < -0.4 is 5.32 Å². The minimum absolute atomic E-state index is 0.196. The minimum atomic E-state index is 0.196. The van der Waals surface area contributed by atoms with E-state index >= 15 is 0 Å². The van der Waals surface area contributed by atoms with Gasteiger partial charge in [-0.25, -0.2) is 0 Å². The lowest BCUT2D eigenvalue weighted by molar-refractivity contribution is 0.379. The molecular weight excluding hydrogens is 164 g/mol. The first-order valence-corrected chi connectivity index (χ1v) is 4.40. The number of amidine groups is 1. The number of aliphatic hydroxyl groups excluding tert-OH is 1. The smallest absolute Gasteiger partial charge is 0.188 e. The van der Waals surface area contributed by atoms with Crippen molar-refractivity contribution >= 4 is 5.84 Å². The molecule has 0 aromatic heterocycles. The summed E-state index contributed by atoms with van der Waals surface area (Å²) < 4.78 is 0. The Hall–Kier alpha value is -1.25. The predicted molar refractivity (Wildman–Crippen MR) is 56.9 cm³/mol. The van der Waals surface area contributed by atoms with Crippen molar-refractivity contribution < 1.29 is 5.11 Å². The first-order valence-electron chi connectivity index (χ1n) is 4.40. The van der Waals surface area contributed by atoms with Crippen molar-refractivity contribution in [2.45, 2.75) is 27.2 Å². The summed E-state index contributed by atoms with van der Waals surface area (Å²) in [6.07, 6.45) is 4.49. The van der Waals surface area contributed by atoms with Crippen molar-refractivity contribution in [2.24, 2.45) is 4.99 Å². The fourth-order valence-corrected chi connectivity index (χ4v) is 0.725.